The molecule has 1 aromatic carbocycles. The number of carbonyl (C=O) groups is 1. The Morgan fingerprint density at radius 1 is 1.42 bits per heavy atom. The highest BCUT2D eigenvalue weighted by Crippen LogP contribution is 2.07. The van der Waals surface area contributed by atoms with Gasteiger partial charge >= 0.3 is 0 Å². The van der Waals surface area contributed by atoms with E-state index in [0.717, 1.165) is 0 Å². The van der Waals surface area contributed by atoms with Crippen LogP contribution in [0.1, 0.15) is 5.56 Å². The fourth-order valence-electron chi connectivity index (χ4n) is 1.48. The summed E-state index contributed by atoms with van der Waals surface area (Å²) in [5.41, 5.74) is 0.383. The third-order valence-corrected chi connectivity index (χ3v) is 2.43. The molecule has 0 aliphatic rings. The molecular weight excluding hydrogens is 247 g/mol. The summed E-state index contributed by atoms with van der Waals surface area (Å²) < 4.78 is 14.9. The van der Waals surface area contributed by atoms with E-state index >= 15 is 0 Å². The molecular formula is C13H13FN4O. The Labute approximate surface area is 109 Å². The average Bonchev–Trinajstić information content (AvgIpc) is 2.91. The number of nitrogens with zero attached hydrogens (tertiary/aromatic N) is 3. The van der Waals surface area contributed by atoms with Crippen LogP contribution in [0.25, 0.3) is 6.08 Å². The van der Waals surface area contributed by atoms with Gasteiger partial charge in [0.05, 0.1) is 6.54 Å². The van der Waals surface area contributed by atoms with Gasteiger partial charge in [0.15, 0.2) is 0 Å². The summed E-state index contributed by atoms with van der Waals surface area (Å²) in [5.74, 6) is -0.627. The number of benzene rings is 1. The molecule has 0 bridgehead atoms. The second-order valence-electron chi connectivity index (χ2n) is 3.80. The van der Waals surface area contributed by atoms with Gasteiger partial charge in [-0.3, -0.25) is 9.48 Å². The zero-order valence-electron chi connectivity index (χ0n) is 10.2. The van der Waals surface area contributed by atoms with Gasteiger partial charge < -0.3 is 5.32 Å². The lowest BCUT2D eigenvalue weighted by Gasteiger charge is -2.01. The zero-order valence-corrected chi connectivity index (χ0v) is 10.2. The number of carbonyl (C=O) groups excluding carboxylic acids is 1. The van der Waals surface area contributed by atoms with Gasteiger partial charge in [0.25, 0.3) is 0 Å². The minimum absolute atomic E-state index is 0.275. The van der Waals surface area contributed by atoms with Crippen molar-refractivity contribution < 1.29 is 9.18 Å². The minimum atomic E-state index is -0.353. The predicted octanol–water partition coefficient (Wildman–Crippen LogP) is 1.25. The molecule has 0 spiro atoms. The van der Waals surface area contributed by atoms with Crippen molar-refractivity contribution in [2.75, 3.05) is 6.54 Å². The Morgan fingerprint density at radius 3 is 3.00 bits per heavy atom. The highest BCUT2D eigenvalue weighted by atomic mass is 19.1. The number of amides is 1. The fourth-order valence-corrected chi connectivity index (χ4v) is 1.48. The van der Waals surface area contributed by atoms with Crippen LogP contribution in [-0.2, 0) is 11.3 Å². The van der Waals surface area contributed by atoms with Crippen molar-refractivity contribution in [3.63, 3.8) is 0 Å². The number of hydrogen-bond donors (Lipinski definition) is 1. The Bertz CT molecular complexity index is 566. The van der Waals surface area contributed by atoms with Crippen molar-refractivity contribution in [1.29, 1.82) is 0 Å². The zero-order chi connectivity index (χ0) is 13.5. The van der Waals surface area contributed by atoms with E-state index in [1.165, 1.54) is 24.5 Å². The number of halogens is 1. The van der Waals surface area contributed by atoms with Gasteiger partial charge in [0, 0.05) is 18.2 Å². The number of aromatic nitrogens is 3. The predicted molar refractivity (Wildman–Crippen MR) is 68.5 cm³/mol. The lowest BCUT2D eigenvalue weighted by molar-refractivity contribution is -0.116. The van der Waals surface area contributed by atoms with Crippen molar-refractivity contribution in [3.8, 4) is 0 Å². The normalized spacial score (nSPS) is 10.8. The van der Waals surface area contributed by atoms with Gasteiger partial charge in [-0.05, 0) is 12.1 Å². The van der Waals surface area contributed by atoms with E-state index in [0.29, 0.717) is 18.7 Å². The van der Waals surface area contributed by atoms with E-state index in [4.69, 9.17) is 0 Å². The molecule has 1 amide bonds. The van der Waals surface area contributed by atoms with E-state index in [1.807, 2.05) is 0 Å². The first-order valence-corrected chi connectivity index (χ1v) is 5.78. The molecule has 6 heteroatoms. The van der Waals surface area contributed by atoms with Crippen LogP contribution in [0.2, 0.25) is 0 Å². The van der Waals surface area contributed by atoms with E-state index in [1.54, 1.807) is 29.2 Å². The third-order valence-electron chi connectivity index (χ3n) is 2.43. The maximum atomic E-state index is 13.3. The topological polar surface area (TPSA) is 59.8 Å². The lowest BCUT2D eigenvalue weighted by Crippen LogP contribution is -2.25. The molecule has 1 N–H and O–H groups in total. The Morgan fingerprint density at radius 2 is 2.26 bits per heavy atom. The van der Waals surface area contributed by atoms with E-state index in [2.05, 4.69) is 15.4 Å². The summed E-state index contributed by atoms with van der Waals surface area (Å²) in [5, 5.41) is 6.58. The highest BCUT2D eigenvalue weighted by Gasteiger charge is 1.98. The molecule has 0 fully saturated rings. The second-order valence-corrected chi connectivity index (χ2v) is 3.80. The quantitative estimate of drug-likeness (QED) is 0.823. The van der Waals surface area contributed by atoms with Gasteiger partial charge in [0.1, 0.15) is 18.5 Å². The standard InChI is InChI=1S/C13H13FN4O/c14-12-4-2-1-3-11(12)5-6-13(19)16-7-8-18-10-15-9-17-18/h1-6,9-10H,7-8H2,(H,16,19)/b6-5+. The van der Waals surface area contributed by atoms with E-state index in [-0.39, 0.29) is 11.7 Å². The average molecular weight is 260 g/mol. The van der Waals surface area contributed by atoms with Gasteiger partial charge in [-0.2, -0.15) is 5.10 Å². The fraction of sp³-hybridized carbons (Fsp3) is 0.154. The first-order chi connectivity index (χ1) is 9.25. The van der Waals surface area contributed by atoms with Crippen LogP contribution < -0.4 is 5.32 Å². The molecule has 0 aliphatic heterocycles. The van der Waals surface area contributed by atoms with Crippen molar-refractivity contribution >= 4 is 12.0 Å². The van der Waals surface area contributed by atoms with Crippen LogP contribution in [0.15, 0.2) is 43.0 Å². The van der Waals surface area contributed by atoms with Gasteiger partial charge in [-0.1, -0.05) is 18.2 Å². The lowest BCUT2D eigenvalue weighted by atomic mass is 10.2. The molecule has 0 unspecified atom stereocenters. The summed E-state index contributed by atoms with van der Waals surface area (Å²) in [6.45, 7) is 0.975. The molecule has 0 radical (unpaired) electrons. The smallest absolute Gasteiger partial charge is 0.244 e. The summed E-state index contributed by atoms with van der Waals surface area (Å²) in [4.78, 5) is 15.3. The molecule has 0 aliphatic carbocycles. The molecule has 2 aromatic rings. The number of hydrogen-bond acceptors (Lipinski definition) is 3. The van der Waals surface area contributed by atoms with Crippen LogP contribution >= 0.6 is 0 Å². The van der Waals surface area contributed by atoms with Crippen LogP contribution in [0.4, 0.5) is 4.39 Å². The van der Waals surface area contributed by atoms with Crippen molar-refractivity contribution in [2.45, 2.75) is 6.54 Å². The second kappa shape index (κ2) is 6.44. The maximum Gasteiger partial charge on any atom is 0.244 e. The van der Waals surface area contributed by atoms with E-state index in [9.17, 15) is 9.18 Å². The van der Waals surface area contributed by atoms with Crippen LogP contribution in [-0.4, -0.2) is 27.2 Å². The summed E-state index contributed by atoms with van der Waals surface area (Å²) >= 11 is 0. The monoisotopic (exact) mass is 260 g/mol. The van der Waals surface area contributed by atoms with Crippen molar-refractivity contribution in [2.24, 2.45) is 0 Å². The van der Waals surface area contributed by atoms with Crippen LogP contribution in [0.5, 0.6) is 0 Å². The molecule has 5 nitrogen and oxygen atoms in total. The summed E-state index contributed by atoms with van der Waals surface area (Å²) in [6.07, 6.45) is 5.75. The van der Waals surface area contributed by atoms with Crippen LogP contribution in [0, 0.1) is 5.82 Å². The number of nitrogens with one attached hydrogen (secondary N) is 1. The minimum Gasteiger partial charge on any atom is -0.351 e. The van der Waals surface area contributed by atoms with Crippen molar-refractivity contribution in [1.82, 2.24) is 20.1 Å². The molecule has 19 heavy (non-hydrogen) atoms. The molecule has 0 atom stereocenters. The molecule has 1 heterocycles. The molecule has 1 aromatic heterocycles. The van der Waals surface area contributed by atoms with E-state index < -0.39 is 0 Å². The first-order valence-electron chi connectivity index (χ1n) is 5.78. The largest absolute Gasteiger partial charge is 0.351 e. The van der Waals surface area contributed by atoms with Crippen LogP contribution in [0.3, 0.4) is 0 Å². The molecule has 0 saturated carbocycles. The maximum absolute atomic E-state index is 13.3. The summed E-state index contributed by atoms with van der Waals surface area (Å²) in [6, 6.07) is 6.27. The van der Waals surface area contributed by atoms with Gasteiger partial charge in [0.2, 0.25) is 5.91 Å². The summed E-state index contributed by atoms with van der Waals surface area (Å²) in [7, 11) is 0. The molecule has 0 saturated heterocycles. The first kappa shape index (κ1) is 12.9. The van der Waals surface area contributed by atoms with Gasteiger partial charge in [-0.15, -0.1) is 0 Å². The molecule has 98 valence electrons. The Balaban J connectivity index is 1.79. The Kier molecular flexibility index (Phi) is 4.39. The Hall–Kier alpha value is -2.50. The third kappa shape index (κ3) is 4.02. The van der Waals surface area contributed by atoms with Gasteiger partial charge in [-0.25, -0.2) is 9.37 Å². The van der Waals surface area contributed by atoms with Crippen molar-refractivity contribution in [3.05, 3.63) is 54.4 Å². The number of rotatable bonds is 5. The highest BCUT2D eigenvalue weighted by molar-refractivity contribution is 5.91. The SMILES string of the molecule is O=C(/C=C/c1ccccc1F)NCCn1cncn1. The molecule has 2 rings (SSSR count).